The average Bonchev–Trinajstić information content (AvgIpc) is 2.43. The molecule has 0 bridgehead atoms. The van der Waals surface area contributed by atoms with E-state index in [0.717, 1.165) is 20.9 Å². The van der Waals surface area contributed by atoms with Crippen LogP contribution in [0.1, 0.15) is 5.69 Å². The van der Waals surface area contributed by atoms with Crippen LogP contribution in [0.15, 0.2) is 64.1 Å². The lowest BCUT2D eigenvalue weighted by Crippen LogP contribution is -2.20. The first-order valence-corrected chi connectivity index (χ1v) is 6.72. The monoisotopic (exact) mass is 314 g/mol. The minimum absolute atomic E-state index is 0.00986. The third-order valence-electron chi connectivity index (χ3n) is 3.00. The van der Waals surface area contributed by atoms with Gasteiger partial charge >= 0.3 is 0 Å². The van der Waals surface area contributed by atoms with Gasteiger partial charge in [0.05, 0.1) is 12.2 Å². The van der Waals surface area contributed by atoms with Crippen molar-refractivity contribution in [3.8, 4) is 0 Å². The standard InChI is InChI=1S/C15H11BrN2O/c16-12-4-5-14-11(9-12)6-8-18(15(14)19)10-13-3-1-2-7-17-13/h1-9H,10H2. The van der Waals surface area contributed by atoms with Crippen molar-refractivity contribution in [2.24, 2.45) is 0 Å². The number of pyridine rings is 2. The summed E-state index contributed by atoms with van der Waals surface area (Å²) < 4.78 is 2.65. The van der Waals surface area contributed by atoms with Crippen LogP contribution < -0.4 is 5.56 Å². The van der Waals surface area contributed by atoms with Gasteiger partial charge in [-0.15, -0.1) is 0 Å². The van der Waals surface area contributed by atoms with Crippen LogP contribution in [0.25, 0.3) is 10.8 Å². The van der Waals surface area contributed by atoms with Crippen LogP contribution in [-0.4, -0.2) is 9.55 Å². The second kappa shape index (κ2) is 4.97. The third-order valence-corrected chi connectivity index (χ3v) is 3.49. The molecule has 2 aromatic heterocycles. The molecule has 2 heterocycles. The molecule has 19 heavy (non-hydrogen) atoms. The Bertz CT molecular complexity index is 781. The molecule has 3 aromatic rings. The normalized spacial score (nSPS) is 10.8. The summed E-state index contributed by atoms with van der Waals surface area (Å²) in [6.45, 7) is 0.492. The van der Waals surface area contributed by atoms with Crippen LogP contribution in [-0.2, 0) is 6.54 Å². The number of fused-ring (bicyclic) bond motifs is 1. The molecule has 0 radical (unpaired) electrons. The number of rotatable bonds is 2. The van der Waals surface area contributed by atoms with E-state index in [4.69, 9.17) is 0 Å². The Labute approximate surface area is 118 Å². The number of hydrogen-bond acceptors (Lipinski definition) is 2. The summed E-state index contributed by atoms with van der Waals surface area (Å²) in [6.07, 6.45) is 3.55. The Balaban J connectivity index is 2.08. The molecule has 0 spiro atoms. The molecule has 0 aliphatic rings. The zero-order chi connectivity index (χ0) is 13.2. The van der Waals surface area contributed by atoms with E-state index < -0.39 is 0 Å². The fourth-order valence-corrected chi connectivity index (χ4v) is 2.43. The maximum absolute atomic E-state index is 12.4. The number of halogens is 1. The van der Waals surface area contributed by atoms with Crippen LogP contribution >= 0.6 is 15.9 Å². The van der Waals surface area contributed by atoms with E-state index in [0.29, 0.717) is 6.54 Å². The summed E-state index contributed by atoms with van der Waals surface area (Å²) in [6, 6.07) is 13.3. The van der Waals surface area contributed by atoms with Crippen molar-refractivity contribution in [1.29, 1.82) is 0 Å². The first-order valence-electron chi connectivity index (χ1n) is 5.93. The Hall–Kier alpha value is -1.94. The van der Waals surface area contributed by atoms with Crippen molar-refractivity contribution >= 4 is 26.7 Å². The Morgan fingerprint density at radius 3 is 2.84 bits per heavy atom. The molecule has 3 nitrogen and oxygen atoms in total. The summed E-state index contributed by atoms with van der Waals surface area (Å²) in [5.74, 6) is 0. The predicted octanol–water partition coefficient (Wildman–Crippen LogP) is 3.21. The van der Waals surface area contributed by atoms with Crippen molar-refractivity contribution in [2.75, 3.05) is 0 Å². The van der Waals surface area contributed by atoms with Gasteiger partial charge < -0.3 is 4.57 Å². The van der Waals surface area contributed by atoms with Crippen molar-refractivity contribution in [3.05, 3.63) is 75.4 Å². The zero-order valence-corrected chi connectivity index (χ0v) is 11.7. The van der Waals surface area contributed by atoms with Gasteiger partial charge in [0, 0.05) is 22.3 Å². The molecule has 1 aromatic carbocycles. The number of hydrogen-bond donors (Lipinski definition) is 0. The highest BCUT2D eigenvalue weighted by Gasteiger charge is 2.04. The molecule has 3 rings (SSSR count). The minimum Gasteiger partial charge on any atom is -0.309 e. The van der Waals surface area contributed by atoms with E-state index in [-0.39, 0.29) is 5.56 Å². The fraction of sp³-hybridized carbons (Fsp3) is 0.0667. The lowest BCUT2D eigenvalue weighted by atomic mass is 10.2. The van der Waals surface area contributed by atoms with Gasteiger partial charge in [-0.1, -0.05) is 22.0 Å². The molecular formula is C15H11BrN2O. The smallest absolute Gasteiger partial charge is 0.258 e. The zero-order valence-electron chi connectivity index (χ0n) is 10.1. The molecule has 0 fully saturated rings. The Morgan fingerprint density at radius 2 is 2.05 bits per heavy atom. The molecule has 0 amide bonds. The molecule has 94 valence electrons. The molecular weight excluding hydrogens is 304 g/mol. The van der Waals surface area contributed by atoms with Gasteiger partial charge in [-0.2, -0.15) is 0 Å². The van der Waals surface area contributed by atoms with Gasteiger partial charge in [-0.3, -0.25) is 9.78 Å². The molecule has 0 unspecified atom stereocenters. The molecule has 0 saturated carbocycles. The summed E-state index contributed by atoms with van der Waals surface area (Å²) in [7, 11) is 0. The van der Waals surface area contributed by atoms with Crippen LogP contribution in [0.5, 0.6) is 0 Å². The minimum atomic E-state index is 0.00986. The quantitative estimate of drug-likeness (QED) is 0.728. The largest absolute Gasteiger partial charge is 0.309 e. The first kappa shape index (κ1) is 12.1. The second-order valence-corrected chi connectivity index (χ2v) is 5.22. The molecule has 0 aliphatic carbocycles. The van der Waals surface area contributed by atoms with Crippen molar-refractivity contribution < 1.29 is 0 Å². The van der Waals surface area contributed by atoms with Crippen LogP contribution in [0.4, 0.5) is 0 Å². The van der Waals surface area contributed by atoms with Gasteiger partial charge in [0.25, 0.3) is 5.56 Å². The van der Waals surface area contributed by atoms with Gasteiger partial charge in [-0.25, -0.2) is 0 Å². The summed E-state index contributed by atoms with van der Waals surface area (Å²) in [5, 5.41) is 1.67. The van der Waals surface area contributed by atoms with E-state index in [9.17, 15) is 4.79 Å². The van der Waals surface area contributed by atoms with E-state index in [1.54, 1.807) is 10.8 Å². The van der Waals surface area contributed by atoms with Crippen molar-refractivity contribution in [2.45, 2.75) is 6.54 Å². The topological polar surface area (TPSA) is 34.9 Å². The second-order valence-electron chi connectivity index (χ2n) is 4.30. The van der Waals surface area contributed by atoms with Gasteiger partial charge in [0.2, 0.25) is 0 Å². The molecule has 0 aliphatic heterocycles. The van der Waals surface area contributed by atoms with Gasteiger partial charge in [0.1, 0.15) is 0 Å². The summed E-state index contributed by atoms with van der Waals surface area (Å²) in [5.41, 5.74) is 0.886. The molecule has 0 N–H and O–H groups in total. The number of aromatic nitrogens is 2. The van der Waals surface area contributed by atoms with E-state index in [1.807, 2.05) is 48.7 Å². The maximum Gasteiger partial charge on any atom is 0.258 e. The maximum atomic E-state index is 12.4. The average molecular weight is 315 g/mol. The van der Waals surface area contributed by atoms with Crippen LogP contribution in [0.3, 0.4) is 0 Å². The Kier molecular flexibility index (Phi) is 3.17. The van der Waals surface area contributed by atoms with Crippen molar-refractivity contribution in [1.82, 2.24) is 9.55 Å². The summed E-state index contributed by atoms with van der Waals surface area (Å²) >= 11 is 3.41. The van der Waals surface area contributed by atoms with Gasteiger partial charge in [-0.05, 0) is 41.8 Å². The first-order chi connectivity index (χ1) is 9.24. The summed E-state index contributed by atoms with van der Waals surface area (Å²) in [4.78, 5) is 16.6. The van der Waals surface area contributed by atoms with E-state index in [2.05, 4.69) is 20.9 Å². The number of benzene rings is 1. The van der Waals surface area contributed by atoms with Crippen LogP contribution in [0.2, 0.25) is 0 Å². The van der Waals surface area contributed by atoms with Crippen LogP contribution in [0, 0.1) is 0 Å². The molecule has 0 saturated heterocycles. The Morgan fingerprint density at radius 1 is 1.16 bits per heavy atom. The molecule has 4 heteroatoms. The highest BCUT2D eigenvalue weighted by molar-refractivity contribution is 9.10. The predicted molar refractivity (Wildman–Crippen MR) is 79.2 cm³/mol. The molecule has 0 atom stereocenters. The lowest BCUT2D eigenvalue weighted by Gasteiger charge is -2.07. The lowest BCUT2D eigenvalue weighted by molar-refractivity contribution is 0.747. The number of nitrogens with zero attached hydrogens (tertiary/aromatic N) is 2. The third kappa shape index (κ3) is 2.44. The van der Waals surface area contributed by atoms with E-state index >= 15 is 0 Å². The van der Waals surface area contributed by atoms with Gasteiger partial charge in [0.15, 0.2) is 0 Å². The van der Waals surface area contributed by atoms with Crippen molar-refractivity contribution in [3.63, 3.8) is 0 Å². The van der Waals surface area contributed by atoms with E-state index in [1.165, 1.54) is 0 Å². The highest BCUT2D eigenvalue weighted by Crippen LogP contribution is 2.16. The fourth-order valence-electron chi connectivity index (χ4n) is 2.05. The highest BCUT2D eigenvalue weighted by atomic mass is 79.9. The SMILES string of the molecule is O=c1c2ccc(Br)cc2ccn1Cc1ccccn1.